The van der Waals surface area contributed by atoms with Crippen LogP contribution in [0.3, 0.4) is 0 Å². The maximum atomic E-state index is 14.6. The van der Waals surface area contributed by atoms with Crippen LogP contribution in [0.1, 0.15) is 88.7 Å². The first-order valence-electron chi connectivity index (χ1n) is 24.5. The normalized spacial score (nSPS) is 24.0. The quantitative estimate of drug-likeness (QED) is 0.0493. The van der Waals surface area contributed by atoms with Gasteiger partial charge in [-0.3, -0.25) is 43.8 Å². The van der Waals surface area contributed by atoms with Gasteiger partial charge in [-0.1, -0.05) is 68.3 Å². The van der Waals surface area contributed by atoms with Crippen LogP contribution in [-0.2, 0) is 51.2 Å². The number of hydrogen-bond acceptors (Lipinski definition) is 11. The van der Waals surface area contributed by atoms with Crippen LogP contribution in [0.15, 0.2) is 60.8 Å². The van der Waals surface area contributed by atoms with Gasteiger partial charge in [0.1, 0.15) is 36.3 Å². The first-order valence-corrected chi connectivity index (χ1v) is 24.5. The minimum atomic E-state index is -1.36. The average Bonchev–Trinajstić information content (AvgIpc) is 3.95. The zero-order valence-corrected chi connectivity index (χ0v) is 40.5. The third-order valence-electron chi connectivity index (χ3n) is 12.8. The molecule has 0 radical (unpaired) electrons. The number of guanidine groups is 1. The molecule has 386 valence electrons. The molecule has 22 heteroatoms. The number of carbonyl (C=O) groups is 8. The molecule has 2 saturated heterocycles. The first-order chi connectivity index (χ1) is 34.1. The van der Waals surface area contributed by atoms with Crippen LogP contribution in [0.4, 0.5) is 0 Å². The minimum Gasteiger partial charge on any atom is -0.391 e. The second-order valence-electron chi connectivity index (χ2n) is 18.2. The fourth-order valence-corrected chi connectivity index (χ4v) is 8.87. The largest absolute Gasteiger partial charge is 0.391 e. The topological polar surface area (TPSA) is 348 Å². The molecule has 5 rings (SSSR count). The number of fused-ring (bicyclic) bond motifs is 2. The predicted molar refractivity (Wildman–Crippen MR) is 265 cm³/mol. The van der Waals surface area contributed by atoms with E-state index in [0.717, 1.165) is 28.6 Å². The summed E-state index contributed by atoms with van der Waals surface area (Å²) < 4.78 is 0. The third-order valence-corrected chi connectivity index (χ3v) is 12.8. The lowest BCUT2D eigenvalue weighted by Crippen LogP contribution is -2.60. The van der Waals surface area contributed by atoms with E-state index >= 15 is 0 Å². The Morgan fingerprint density at radius 1 is 0.845 bits per heavy atom. The number of nitrogens with zero attached hydrogens (tertiary/aromatic N) is 1. The number of aromatic amines is 1. The number of aromatic nitrogens is 1. The number of primary amides is 1. The van der Waals surface area contributed by atoms with Crippen molar-refractivity contribution in [3.63, 3.8) is 0 Å². The molecule has 15 N–H and O–H groups in total. The summed E-state index contributed by atoms with van der Waals surface area (Å²) in [6, 6.07) is 7.75. The van der Waals surface area contributed by atoms with Gasteiger partial charge in [0.2, 0.25) is 47.3 Å². The molecule has 2 aromatic carbocycles. The number of rotatable bonds is 15. The number of nitrogens with one attached hydrogen (secondary N) is 10. The highest BCUT2D eigenvalue weighted by atomic mass is 16.3. The van der Waals surface area contributed by atoms with Crippen LogP contribution in [0.5, 0.6) is 0 Å². The molecule has 0 unspecified atom stereocenters. The fraction of sp³-hybridized carbons (Fsp3) is 0.531. The van der Waals surface area contributed by atoms with Crippen molar-refractivity contribution >= 4 is 64.1 Å². The molecule has 0 spiro atoms. The lowest BCUT2D eigenvalue weighted by atomic mass is 10.0. The smallest absolute Gasteiger partial charge is 0.245 e. The molecule has 0 bridgehead atoms. The van der Waals surface area contributed by atoms with Gasteiger partial charge in [-0.05, 0) is 69.2 Å². The SMILES string of the molecule is CCCC[C@H](NC)C(=O)N[C@H]1CCC(=O)NCCCC[C@@H](C(N)=O)NC(=O)[C@H](Cc2c[nH]c3ccccc23)NC(=O)[C@H](CCCNC(=N)N)NC(=O)[C@@H](Cc2ccccc2)NC(=O)[C@@H]2C[C@@H](O)CN2C1=O. The summed E-state index contributed by atoms with van der Waals surface area (Å²) in [6.45, 7) is 2.02. The van der Waals surface area contributed by atoms with Crippen molar-refractivity contribution in [2.45, 2.75) is 139 Å². The van der Waals surface area contributed by atoms with E-state index < -0.39 is 95.7 Å². The third kappa shape index (κ3) is 16.5. The predicted octanol–water partition coefficient (Wildman–Crippen LogP) is -1.05. The molecule has 71 heavy (non-hydrogen) atoms. The van der Waals surface area contributed by atoms with E-state index in [0.29, 0.717) is 30.4 Å². The highest BCUT2D eigenvalue weighted by Crippen LogP contribution is 2.23. The van der Waals surface area contributed by atoms with Gasteiger partial charge in [0.25, 0.3) is 0 Å². The summed E-state index contributed by atoms with van der Waals surface area (Å²) in [5.41, 5.74) is 13.4. The molecule has 0 aliphatic carbocycles. The number of benzene rings is 2. The van der Waals surface area contributed by atoms with Crippen LogP contribution < -0.4 is 54.0 Å². The second kappa shape index (κ2) is 27.4. The number of likely N-dealkylation sites (N-methyl/N-ethyl adjacent to an activating group) is 1. The first kappa shape index (κ1) is 54.9. The van der Waals surface area contributed by atoms with Crippen LogP contribution in [0.25, 0.3) is 10.9 Å². The summed E-state index contributed by atoms with van der Waals surface area (Å²) in [5, 5.41) is 41.6. The summed E-state index contributed by atoms with van der Waals surface area (Å²) in [6.07, 6.45) is 2.90. The molecule has 2 fully saturated rings. The van der Waals surface area contributed by atoms with Crippen molar-refractivity contribution in [1.29, 1.82) is 5.41 Å². The van der Waals surface area contributed by atoms with E-state index in [1.54, 1.807) is 43.6 Å². The summed E-state index contributed by atoms with van der Waals surface area (Å²) >= 11 is 0. The van der Waals surface area contributed by atoms with Gasteiger partial charge in [-0.2, -0.15) is 0 Å². The molecular weight excluding hydrogens is 915 g/mol. The lowest BCUT2D eigenvalue weighted by Gasteiger charge is -2.31. The van der Waals surface area contributed by atoms with Crippen LogP contribution in [0.2, 0.25) is 0 Å². The number of H-pyrrole nitrogens is 1. The van der Waals surface area contributed by atoms with E-state index in [2.05, 4.69) is 47.5 Å². The van der Waals surface area contributed by atoms with E-state index in [-0.39, 0.29) is 77.0 Å². The van der Waals surface area contributed by atoms with Gasteiger partial charge in [-0.15, -0.1) is 0 Å². The van der Waals surface area contributed by atoms with Gasteiger partial charge in [0.05, 0.1) is 12.1 Å². The average molecular weight is 986 g/mol. The Balaban J connectivity index is 1.51. The Bertz CT molecular complexity index is 2330. The number of para-hydroxylation sites is 1. The standard InChI is InChI=1S/C49H71N13O9/c1-3-4-16-35(53-2)43(66)59-37-20-21-41(64)54-22-11-10-18-34(42(50)65)57-46(69)39(25-30-27-56-33-17-9-8-15-32(30)33)60-44(67)36(19-12-23-55-49(51)52)58-45(68)38(24-29-13-6-5-7-14-29)61-47(70)40-26-31(63)28-62(40)48(37)71/h5-9,13-15,17,27,31,34-40,53,56,63H,3-4,10-12,16,18-26,28H2,1-2H3,(H2,50,65)(H,54,64)(H,57,69)(H,58,68)(H,59,66)(H,60,67)(H,61,70)(H4,51,52,55)/t31-,34+,35+,36+,37+,38-,39+,40+/m1/s1. The van der Waals surface area contributed by atoms with Crippen LogP contribution in [-0.4, -0.2) is 143 Å². The minimum absolute atomic E-state index is 0.0250. The maximum Gasteiger partial charge on any atom is 0.245 e. The number of nitrogens with two attached hydrogens (primary N) is 2. The molecule has 8 amide bonds. The van der Waals surface area contributed by atoms with Crippen molar-refractivity contribution < 1.29 is 43.5 Å². The van der Waals surface area contributed by atoms with Gasteiger partial charge in [0, 0.05) is 62.4 Å². The van der Waals surface area contributed by atoms with Crippen LogP contribution >= 0.6 is 0 Å². The molecule has 22 nitrogen and oxygen atoms in total. The number of unbranched alkanes of at least 4 members (excludes halogenated alkanes) is 1. The Morgan fingerprint density at radius 3 is 2.24 bits per heavy atom. The Morgan fingerprint density at radius 2 is 1.52 bits per heavy atom. The van der Waals surface area contributed by atoms with Crippen molar-refractivity contribution in [2.24, 2.45) is 11.5 Å². The number of aliphatic hydroxyl groups is 1. The summed E-state index contributed by atoms with van der Waals surface area (Å²) in [4.78, 5) is 116. The van der Waals surface area contributed by atoms with Crippen molar-refractivity contribution in [3.8, 4) is 0 Å². The Kier molecular flexibility index (Phi) is 21.1. The van der Waals surface area contributed by atoms with E-state index in [9.17, 15) is 43.5 Å². The molecule has 8 atom stereocenters. The van der Waals surface area contributed by atoms with E-state index in [4.69, 9.17) is 16.9 Å². The lowest BCUT2D eigenvalue weighted by molar-refractivity contribution is -0.143. The van der Waals surface area contributed by atoms with Crippen molar-refractivity contribution in [1.82, 2.24) is 52.4 Å². The molecule has 0 saturated carbocycles. The van der Waals surface area contributed by atoms with Crippen molar-refractivity contribution in [3.05, 3.63) is 71.9 Å². The summed E-state index contributed by atoms with van der Waals surface area (Å²) in [5.74, 6) is -5.83. The summed E-state index contributed by atoms with van der Waals surface area (Å²) in [7, 11) is 1.62. The van der Waals surface area contributed by atoms with Gasteiger partial charge in [-0.25, -0.2) is 0 Å². The fourth-order valence-electron chi connectivity index (χ4n) is 8.87. The highest BCUT2D eigenvalue weighted by Gasteiger charge is 2.43. The number of hydrogen-bond donors (Lipinski definition) is 13. The van der Waals surface area contributed by atoms with Gasteiger partial charge in [0.15, 0.2) is 5.96 Å². The van der Waals surface area contributed by atoms with Crippen LogP contribution in [0, 0.1) is 5.41 Å². The van der Waals surface area contributed by atoms with E-state index in [1.807, 2.05) is 31.2 Å². The molecule has 3 heterocycles. The van der Waals surface area contributed by atoms with Gasteiger partial charge < -0.3 is 69.0 Å². The second-order valence-corrected chi connectivity index (χ2v) is 18.2. The molecular formula is C49H71N13O9. The van der Waals surface area contributed by atoms with Gasteiger partial charge >= 0.3 is 0 Å². The zero-order valence-electron chi connectivity index (χ0n) is 40.5. The maximum absolute atomic E-state index is 14.6. The number of amides is 8. The Labute approximate surface area is 413 Å². The molecule has 1 aromatic heterocycles. The Hall–Kier alpha value is -7.07. The zero-order chi connectivity index (χ0) is 51.5. The monoisotopic (exact) mass is 986 g/mol. The number of aliphatic hydroxyl groups excluding tert-OH is 1. The molecule has 2 aliphatic rings. The van der Waals surface area contributed by atoms with E-state index in [1.165, 1.54) is 0 Å². The number of carbonyl (C=O) groups excluding carboxylic acids is 8. The molecule has 2 aliphatic heterocycles. The molecule has 3 aromatic rings. The van der Waals surface area contributed by atoms with Crippen molar-refractivity contribution in [2.75, 3.05) is 26.7 Å². The highest BCUT2D eigenvalue weighted by molar-refractivity contribution is 5.98.